The Morgan fingerprint density at radius 2 is 1.83 bits per heavy atom. The minimum atomic E-state index is -0.868. The summed E-state index contributed by atoms with van der Waals surface area (Å²) in [7, 11) is 1.49. The second-order valence-electron chi connectivity index (χ2n) is 5.30. The number of nitrogens with two attached hydrogens (primary N) is 1. The molecule has 1 aromatic carbocycles. The minimum absolute atomic E-state index is 0.147. The first-order valence-corrected chi connectivity index (χ1v) is 6.41. The van der Waals surface area contributed by atoms with Gasteiger partial charge in [0.15, 0.2) is 0 Å². The summed E-state index contributed by atoms with van der Waals surface area (Å²) in [5.41, 5.74) is 5.51. The van der Waals surface area contributed by atoms with Crippen molar-refractivity contribution in [2.75, 3.05) is 7.11 Å². The van der Waals surface area contributed by atoms with Crippen molar-refractivity contribution in [3.8, 4) is 0 Å². The van der Waals surface area contributed by atoms with E-state index >= 15 is 0 Å². The molecule has 0 radical (unpaired) electrons. The van der Waals surface area contributed by atoms with Crippen molar-refractivity contribution in [1.29, 1.82) is 0 Å². The Balaban J connectivity index is 3.25. The van der Waals surface area contributed by atoms with E-state index in [1.165, 1.54) is 19.2 Å². The van der Waals surface area contributed by atoms with Crippen LogP contribution in [-0.4, -0.2) is 13.2 Å². The van der Waals surface area contributed by atoms with Crippen LogP contribution in [0.5, 0.6) is 0 Å². The summed E-state index contributed by atoms with van der Waals surface area (Å²) in [5.74, 6) is -1.33. The first kappa shape index (κ1) is 15.5. The van der Waals surface area contributed by atoms with E-state index in [2.05, 4.69) is 15.9 Å². The highest BCUT2D eigenvalue weighted by Gasteiger charge is 2.34. The van der Waals surface area contributed by atoms with E-state index in [1.807, 2.05) is 20.8 Å². The van der Waals surface area contributed by atoms with Crippen molar-refractivity contribution in [3.05, 3.63) is 33.8 Å². The van der Waals surface area contributed by atoms with Crippen LogP contribution in [0.25, 0.3) is 0 Å². The number of benzene rings is 1. The lowest BCUT2D eigenvalue weighted by molar-refractivity contribution is -0.00395. The van der Waals surface area contributed by atoms with E-state index in [4.69, 9.17) is 10.5 Å². The maximum atomic E-state index is 14.0. The lowest BCUT2D eigenvalue weighted by Gasteiger charge is -2.34. The van der Waals surface area contributed by atoms with Gasteiger partial charge in [0.25, 0.3) is 0 Å². The molecule has 1 aromatic rings. The van der Waals surface area contributed by atoms with Gasteiger partial charge in [-0.25, -0.2) is 8.78 Å². The fourth-order valence-corrected chi connectivity index (χ4v) is 2.38. The highest BCUT2D eigenvalue weighted by molar-refractivity contribution is 9.10. The van der Waals surface area contributed by atoms with Crippen LogP contribution in [0.4, 0.5) is 8.78 Å². The molecule has 2 N–H and O–H groups in total. The third kappa shape index (κ3) is 3.08. The molecule has 0 aliphatic carbocycles. The van der Waals surface area contributed by atoms with Crippen molar-refractivity contribution in [2.45, 2.75) is 32.9 Å². The van der Waals surface area contributed by atoms with Gasteiger partial charge in [0.05, 0.1) is 16.6 Å². The topological polar surface area (TPSA) is 35.2 Å². The summed E-state index contributed by atoms with van der Waals surface area (Å²) in [5, 5.41) is 0. The normalized spacial score (nSPS) is 15.6. The lowest BCUT2D eigenvalue weighted by Crippen LogP contribution is -2.39. The molecule has 0 aromatic heterocycles. The quantitative estimate of drug-likeness (QED) is 0.860. The zero-order valence-electron chi connectivity index (χ0n) is 10.9. The molecule has 0 aliphatic rings. The first-order chi connectivity index (χ1) is 8.20. The van der Waals surface area contributed by atoms with E-state index < -0.39 is 23.8 Å². The summed E-state index contributed by atoms with van der Waals surface area (Å²) in [4.78, 5) is 0. The van der Waals surface area contributed by atoms with Gasteiger partial charge in [-0.3, -0.25) is 0 Å². The van der Waals surface area contributed by atoms with E-state index in [-0.39, 0.29) is 15.5 Å². The molecule has 0 amide bonds. The molecule has 2 nitrogen and oxygen atoms in total. The number of hydrogen-bond donors (Lipinski definition) is 1. The average Bonchev–Trinajstić information content (AvgIpc) is 2.23. The van der Waals surface area contributed by atoms with E-state index in [1.54, 1.807) is 0 Å². The van der Waals surface area contributed by atoms with Crippen LogP contribution < -0.4 is 5.73 Å². The Morgan fingerprint density at radius 3 is 2.28 bits per heavy atom. The van der Waals surface area contributed by atoms with Crippen LogP contribution in [-0.2, 0) is 4.74 Å². The predicted molar refractivity (Wildman–Crippen MR) is 71.2 cm³/mol. The molecule has 5 heteroatoms. The SMILES string of the molecule is COC(C(N)c1c(F)ccc(Br)c1F)C(C)(C)C. The smallest absolute Gasteiger partial charge is 0.145 e. The van der Waals surface area contributed by atoms with Gasteiger partial charge in [-0.2, -0.15) is 0 Å². The van der Waals surface area contributed by atoms with Crippen molar-refractivity contribution in [3.63, 3.8) is 0 Å². The second-order valence-corrected chi connectivity index (χ2v) is 6.16. The second kappa shape index (κ2) is 5.63. The molecule has 0 aliphatic heterocycles. The summed E-state index contributed by atoms with van der Waals surface area (Å²) in [6.07, 6.45) is -0.490. The van der Waals surface area contributed by atoms with Gasteiger partial charge in [-0.05, 0) is 33.5 Å². The third-order valence-electron chi connectivity index (χ3n) is 2.85. The highest BCUT2D eigenvalue weighted by atomic mass is 79.9. The zero-order chi connectivity index (χ0) is 14.1. The summed E-state index contributed by atoms with van der Waals surface area (Å²) >= 11 is 3.03. The van der Waals surface area contributed by atoms with Crippen molar-refractivity contribution in [2.24, 2.45) is 11.1 Å². The van der Waals surface area contributed by atoms with Crippen molar-refractivity contribution in [1.82, 2.24) is 0 Å². The Morgan fingerprint density at radius 1 is 1.28 bits per heavy atom. The molecule has 18 heavy (non-hydrogen) atoms. The van der Waals surface area contributed by atoms with Crippen molar-refractivity contribution >= 4 is 15.9 Å². The molecule has 0 spiro atoms. The van der Waals surface area contributed by atoms with Crippen molar-refractivity contribution < 1.29 is 13.5 Å². The Bertz CT molecular complexity index is 432. The van der Waals surface area contributed by atoms with E-state index in [9.17, 15) is 8.78 Å². The summed E-state index contributed by atoms with van der Waals surface area (Å²) in [6, 6.07) is 1.64. The molecular weight excluding hydrogens is 304 g/mol. The van der Waals surface area contributed by atoms with Crippen LogP contribution in [0.1, 0.15) is 32.4 Å². The van der Waals surface area contributed by atoms with Gasteiger partial charge < -0.3 is 10.5 Å². The molecule has 0 saturated carbocycles. The van der Waals surface area contributed by atoms with Gasteiger partial charge >= 0.3 is 0 Å². The number of ether oxygens (including phenoxy) is 1. The highest BCUT2D eigenvalue weighted by Crippen LogP contribution is 2.34. The average molecular weight is 322 g/mol. The lowest BCUT2D eigenvalue weighted by atomic mass is 9.82. The van der Waals surface area contributed by atoms with Crippen LogP contribution in [0.3, 0.4) is 0 Å². The van der Waals surface area contributed by atoms with Crippen LogP contribution in [0.15, 0.2) is 16.6 Å². The van der Waals surface area contributed by atoms with Gasteiger partial charge in [-0.15, -0.1) is 0 Å². The third-order valence-corrected chi connectivity index (χ3v) is 3.46. The zero-order valence-corrected chi connectivity index (χ0v) is 12.5. The molecule has 2 unspecified atom stereocenters. The standard InChI is InChI=1S/C13H18BrF2NO/c1-13(2,3)12(18-4)11(17)9-8(15)6-5-7(14)10(9)16/h5-6,11-12H,17H2,1-4H3. The molecule has 0 heterocycles. The van der Waals surface area contributed by atoms with Gasteiger partial charge in [-0.1, -0.05) is 20.8 Å². The molecule has 2 atom stereocenters. The fraction of sp³-hybridized carbons (Fsp3) is 0.538. The predicted octanol–water partition coefficient (Wildman–Crippen LogP) is 3.79. The largest absolute Gasteiger partial charge is 0.379 e. The first-order valence-electron chi connectivity index (χ1n) is 5.62. The van der Waals surface area contributed by atoms with Gasteiger partial charge in [0, 0.05) is 12.7 Å². The number of halogens is 3. The van der Waals surface area contributed by atoms with E-state index in [0.717, 1.165) is 0 Å². The van der Waals surface area contributed by atoms with Gasteiger partial charge in [0.1, 0.15) is 11.6 Å². The summed E-state index contributed by atoms with van der Waals surface area (Å²) in [6.45, 7) is 5.73. The minimum Gasteiger partial charge on any atom is -0.379 e. The molecular formula is C13H18BrF2NO. The number of rotatable bonds is 3. The van der Waals surface area contributed by atoms with Crippen LogP contribution in [0, 0.1) is 17.0 Å². The number of methoxy groups -OCH3 is 1. The maximum Gasteiger partial charge on any atom is 0.145 e. The fourth-order valence-electron chi connectivity index (χ4n) is 2.04. The Hall–Kier alpha value is -0.520. The molecule has 1 rings (SSSR count). The molecule has 0 bridgehead atoms. The Labute approximate surface area is 115 Å². The molecule has 0 saturated heterocycles. The monoisotopic (exact) mass is 321 g/mol. The van der Waals surface area contributed by atoms with Crippen LogP contribution in [0.2, 0.25) is 0 Å². The summed E-state index contributed by atoms with van der Waals surface area (Å²) < 4.78 is 33.2. The molecule has 102 valence electrons. The molecule has 0 fully saturated rings. The van der Waals surface area contributed by atoms with Gasteiger partial charge in [0.2, 0.25) is 0 Å². The van der Waals surface area contributed by atoms with Crippen LogP contribution >= 0.6 is 15.9 Å². The Kier molecular flexibility index (Phi) is 4.86. The maximum absolute atomic E-state index is 14.0. The number of hydrogen-bond acceptors (Lipinski definition) is 2. The van der Waals surface area contributed by atoms with E-state index in [0.29, 0.717) is 0 Å².